The number of aliphatic carboxylic acids is 2. The number of para-hydroxylation sites is 1. The predicted octanol–water partition coefficient (Wildman–Crippen LogP) is 0.227. The molecule has 0 saturated carbocycles. The molecule has 0 aliphatic carbocycles. The van der Waals surface area contributed by atoms with Crippen molar-refractivity contribution in [2.45, 2.75) is 76.5 Å². The monoisotopic (exact) mass is 560 g/mol. The molecule has 1 aromatic carbocycles. The minimum absolute atomic E-state index is 0.0753. The molecule has 1 aromatic heterocycles. The lowest BCUT2D eigenvalue weighted by Gasteiger charge is -2.26. The lowest BCUT2D eigenvalue weighted by molar-refractivity contribution is -0.147. The van der Waals surface area contributed by atoms with Crippen LogP contribution in [0, 0.1) is 5.92 Å². The highest BCUT2D eigenvalue weighted by Gasteiger charge is 2.31. The summed E-state index contributed by atoms with van der Waals surface area (Å²) in [6.45, 7) is 4.01. The lowest BCUT2D eigenvalue weighted by Crippen LogP contribution is -2.57. The molecule has 0 fully saturated rings. The summed E-state index contributed by atoms with van der Waals surface area (Å²) in [5.74, 6) is -5.01. The van der Waals surface area contributed by atoms with Crippen molar-refractivity contribution in [1.29, 1.82) is 0 Å². The standard InChI is InChI=1S/C27H40N6O7/c1-15(2)11-21(26(38)33-22(27(39)40)13-23(34)35)32-25(37)20(9-5-6-10-28)31-24(36)18(29)12-16-14-30-19-8-4-3-7-17(16)19/h3-4,7-8,14-15,18,20-22,30H,5-6,9-13,28-29H2,1-2H3,(H,31,36)(H,32,37)(H,33,38)(H,34,35)(H,39,40)/t18-,20-,21-,22-/m0/s1. The summed E-state index contributed by atoms with van der Waals surface area (Å²) in [6, 6.07) is 2.80. The highest BCUT2D eigenvalue weighted by molar-refractivity contribution is 5.95. The Kier molecular flexibility index (Phi) is 12.6. The fourth-order valence-corrected chi connectivity index (χ4v) is 4.29. The first-order valence-corrected chi connectivity index (χ1v) is 13.3. The Morgan fingerprint density at radius 1 is 0.900 bits per heavy atom. The van der Waals surface area contributed by atoms with Gasteiger partial charge in [0.2, 0.25) is 17.7 Å². The van der Waals surface area contributed by atoms with Crippen LogP contribution in [-0.2, 0) is 30.4 Å². The van der Waals surface area contributed by atoms with Crippen LogP contribution in [0.5, 0.6) is 0 Å². The predicted molar refractivity (Wildman–Crippen MR) is 148 cm³/mol. The quantitative estimate of drug-likeness (QED) is 0.124. The molecule has 0 unspecified atom stereocenters. The van der Waals surface area contributed by atoms with Crippen LogP contribution >= 0.6 is 0 Å². The number of carbonyl (C=O) groups excluding carboxylic acids is 3. The van der Waals surface area contributed by atoms with Gasteiger partial charge in [0, 0.05) is 17.1 Å². The topological polar surface area (TPSA) is 230 Å². The highest BCUT2D eigenvalue weighted by Crippen LogP contribution is 2.19. The molecule has 40 heavy (non-hydrogen) atoms. The zero-order chi connectivity index (χ0) is 29.8. The Balaban J connectivity index is 2.14. The molecule has 10 N–H and O–H groups in total. The van der Waals surface area contributed by atoms with E-state index in [1.165, 1.54) is 0 Å². The van der Waals surface area contributed by atoms with Gasteiger partial charge in [0.1, 0.15) is 18.1 Å². The molecule has 2 aromatic rings. The first-order chi connectivity index (χ1) is 18.9. The summed E-state index contributed by atoms with van der Waals surface area (Å²) in [5.41, 5.74) is 13.5. The summed E-state index contributed by atoms with van der Waals surface area (Å²) >= 11 is 0. The minimum Gasteiger partial charge on any atom is -0.481 e. The van der Waals surface area contributed by atoms with Crippen molar-refractivity contribution in [1.82, 2.24) is 20.9 Å². The molecule has 13 heteroatoms. The molecule has 0 bridgehead atoms. The van der Waals surface area contributed by atoms with Gasteiger partial charge in [-0.15, -0.1) is 0 Å². The number of unbranched alkanes of at least 4 members (excludes halogenated alkanes) is 1. The van der Waals surface area contributed by atoms with E-state index < -0.39 is 60.2 Å². The maximum Gasteiger partial charge on any atom is 0.326 e. The van der Waals surface area contributed by atoms with Crippen molar-refractivity contribution in [2.24, 2.45) is 17.4 Å². The number of carboxylic acids is 2. The van der Waals surface area contributed by atoms with E-state index in [0.717, 1.165) is 16.5 Å². The third-order valence-corrected chi connectivity index (χ3v) is 6.36. The number of H-pyrrole nitrogens is 1. The average molecular weight is 561 g/mol. The molecule has 0 spiro atoms. The molecule has 1 heterocycles. The van der Waals surface area contributed by atoms with Crippen molar-refractivity contribution >= 4 is 40.6 Å². The number of hydrogen-bond acceptors (Lipinski definition) is 7. The third-order valence-electron chi connectivity index (χ3n) is 6.36. The number of benzene rings is 1. The Labute approximate surface area is 232 Å². The van der Waals surface area contributed by atoms with Gasteiger partial charge in [-0.05, 0) is 56.2 Å². The second-order valence-corrected chi connectivity index (χ2v) is 10.2. The Bertz CT molecular complexity index is 1180. The molecule has 4 atom stereocenters. The fourth-order valence-electron chi connectivity index (χ4n) is 4.29. The zero-order valence-electron chi connectivity index (χ0n) is 22.8. The zero-order valence-corrected chi connectivity index (χ0v) is 22.8. The number of amides is 3. The third kappa shape index (κ3) is 9.97. The van der Waals surface area contributed by atoms with Gasteiger partial charge in [-0.3, -0.25) is 19.2 Å². The normalized spacial score (nSPS) is 14.2. The van der Waals surface area contributed by atoms with Gasteiger partial charge in [0.25, 0.3) is 0 Å². The second kappa shape index (κ2) is 15.6. The second-order valence-electron chi connectivity index (χ2n) is 10.2. The summed E-state index contributed by atoms with van der Waals surface area (Å²) in [6.07, 6.45) is 2.70. The molecule has 3 amide bonds. The number of fused-ring (bicyclic) bond motifs is 1. The summed E-state index contributed by atoms with van der Waals surface area (Å²) < 4.78 is 0. The van der Waals surface area contributed by atoms with Crippen LogP contribution in [0.1, 0.15) is 51.5 Å². The van der Waals surface area contributed by atoms with Crippen molar-refractivity contribution in [3.05, 3.63) is 36.0 Å². The number of nitrogens with one attached hydrogen (secondary N) is 4. The Hall–Kier alpha value is -3.97. The maximum absolute atomic E-state index is 13.3. The van der Waals surface area contributed by atoms with E-state index in [2.05, 4.69) is 20.9 Å². The molecule has 220 valence electrons. The van der Waals surface area contributed by atoms with Crippen molar-refractivity contribution in [2.75, 3.05) is 6.54 Å². The number of aromatic nitrogens is 1. The maximum atomic E-state index is 13.3. The first kappa shape index (κ1) is 32.2. The smallest absolute Gasteiger partial charge is 0.326 e. The van der Waals surface area contributed by atoms with Crippen LogP contribution in [-0.4, -0.2) is 75.6 Å². The Morgan fingerprint density at radius 3 is 2.15 bits per heavy atom. The van der Waals surface area contributed by atoms with Gasteiger partial charge in [-0.1, -0.05) is 32.0 Å². The van der Waals surface area contributed by atoms with Gasteiger partial charge in [0.05, 0.1) is 12.5 Å². The number of rotatable bonds is 17. The lowest BCUT2D eigenvalue weighted by atomic mass is 10.0. The van der Waals surface area contributed by atoms with Crippen molar-refractivity contribution in [3.63, 3.8) is 0 Å². The van der Waals surface area contributed by atoms with Crippen LogP contribution in [0.3, 0.4) is 0 Å². The number of carboxylic acid groups (broad SMARTS) is 2. The van der Waals surface area contributed by atoms with Gasteiger partial charge in [0.15, 0.2) is 0 Å². The van der Waals surface area contributed by atoms with E-state index in [0.29, 0.717) is 19.4 Å². The number of hydrogen-bond donors (Lipinski definition) is 8. The Morgan fingerprint density at radius 2 is 1.52 bits per heavy atom. The van der Waals surface area contributed by atoms with Crippen LogP contribution in [0.15, 0.2) is 30.5 Å². The van der Waals surface area contributed by atoms with E-state index in [1.54, 1.807) is 6.20 Å². The SMILES string of the molecule is CC(C)C[C@H](NC(=O)[C@H](CCCCN)NC(=O)[C@@H](N)Cc1c[nH]c2ccccc12)C(=O)N[C@@H](CC(=O)O)C(=O)O. The van der Waals surface area contributed by atoms with Crippen LogP contribution in [0.2, 0.25) is 0 Å². The van der Waals surface area contributed by atoms with E-state index in [4.69, 9.17) is 16.6 Å². The number of carbonyl (C=O) groups is 5. The summed E-state index contributed by atoms with van der Waals surface area (Å²) in [5, 5.41) is 26.7. The molecule has 0 radical (unpaired) electrons. The van der Waals surface area contributed by atoms with Crippen LogP contribution in [0.4, 0.5) is 0 Å². The van der Waals surface area contributed by atoms with E-state index in [9.17, 15) is 29.1 Å². The van der Waals surface area contributed by atoms with E-state index in [1.807, 2.05) is 38.1 Å². The van der Waals surface area contributed by atoms with Crippen LogP contribution in [0.25, 0.3) is 10.9 Å². The van der Waals surface area contributed by atoms with Gasteiger partial charge < -0.3 is 42.6 Å². The summed E-state index contributed by atoms with van der Waals surface area (Å²) in [7, 11) is 0. The van der Waals surface area contributed by atoms with Crippen molar-refractivity contribution < 1.29 is 34.2 Å². The van der Waals surface area contributed by atoms with Crippen LogP contribution < -0.4 is 27.4 Å². The molecule has 2 rings (SSSR count). The fraction of sp³-hybridized carbons (Fsp3) is 0.519. The molecule has 0 aliphatic heterocycles. The highest BCUT2D eigenvalue weighted by atomic mass is 16.4. The summed E-state index contributed by atoms with van der Waals surface area (Å²) in [4.78, 5) is 64.8. The molecular formula is C27H40N6O7. The number of aromatic amines is 1. The van der Waals surface area contributed by atoms with E-state index in [-0.39, 0.29) is 25.2 Å². The van der Waals surface area contributed by atoms with Gasteiger partial charge in [-0.2, -0.15) is 0 Å². The first-order valence-electron chi connectivity index (χ1n) is 13.3. The number of nitrogens with two attached hydrogens (primary N) is 2. The van der Waals surface area contributed by atoms with Gasteiger partial charge >= 0.3 is 11.9 Å². The molecule has 0 saturated heterocycles. The average Bonchev–Trinajstić information content (AvgIpc) is 3.29. The molecule has 13 nitrogen and oxygen atoms in total. The van der Waals surface area contributed by atoms with Gasteiger partial charge in [-0.25, -0.2) is 4.79 Å². The minimum atomic E-state index is -1.67. The molecular weight excluding hydrogens is 520 g/mol. The van der Waals surface area contributed by atoms with E-state index >= 15 is 0 Å². The van der Waals surface area contributed by atoms with Crippen molar-refractivity contribution in [3.8, 4) is 0 Å². The largest absolute Gasteiger partial charge is 0.481 e. The molecule has 0 aliphatic rings.